The summed E-state index contributed by atoms with van der Waals surface area (Å²) in [4.78, 5) is 24.6. The van der Waals surface area contributed by atoms with Crippen LogP contribution in [0.5, 0.6) is 0 Å². The summed E-state index contributed by atoms with van der Waals surface area (Å²) < 4.78 is 4.82. The summed E-state index contributed by atoms with van der Waals surface area (Å²) in [5, 5.41) is 3.07. The van der Waals surface area contributed by atoms with Crippen molar-refractivity contribution in [3.05, 3.63) is 35.4 Å². The first kappa shape index (κ1) is 23.4. The molecule has 1 amide bonds. The molecular weight excluding hydrogens is 364 g/mol. The molecule has 1 aliphatic rings. The molecule has 6 heteroatoms. The van der Waals surface area contributed by atoms with Crippen LogP contribution in [0.4, 0.5) is 0 Å². The third-order valence-corrected chi connectivity index (χ3v) is 5.39. The largest absolute Gasteiger partial charge is 0.469 e. The van der Waals surface area contributed by atoms with Gasteiger partial charge in [-0.2, -0.15) is 0 Å². The number of halogens is 1. The summed E-state index contributed by atoms with van der Waals surface area (Å²) in [7, 11) is 1.37. The lowest BCUT2D eigenvalue weighted by atomic mass is 9.86. The van der Waals surface area contributed by atoms with Gasteiger partial charge in [-0.25, -0.2) is 0 Å². The highest BCUT2D eigenvalue weighted by Gasteiger charge is 2.33. The minimum absolute atomic E-state index is 0. The minimum Gasteiger partial charge on any atom is -0.469 e. The van der Waals surface area contributed by atoms with E-state index in [-0.39, 0.29) is 54.0 Å². The van der Waals surface area contributed by atoms with E-state index < -0.39 is 0 Å². The van der Waals surface area contributed by atoms with Gasteiger partial charge in [0.25, 0.3) is 0 Å². The van der Waals surface area contributed by atoms with Gasteiger partial charge in [0.15, 0.2) is 0 Å². The van der Waals surface area contributed by atoms with E-state index in [9.17, 15) is 9.59 Å². The molecule has 152 valence electrons. The van der Waals surface area contributed by atoms with Gasteiger partial charge in [0.1, 0.15) is 0 Å². The SMILES string of the molecule is COC(=O)CC(NC(=O)[C@@H]1CCC[C@@H]1CN)c1ccc(C(C)(C)C)cc1.Cl. The maximum atomic E-state index is 12.8. The van der Waals surface area contributed by atoms with Gasteiger partial charge in [-0.15, -0.1) is 12.4 Å². The van der Waals surface area contributed by atoms with E-state index in [1.807, 2.05) is 12.1 Å². The molecule has 1 aromatic rings. The molecule has 0 spiro atoms. The number of methoxy groups -OCH3 is 1. The van der Waals surface area contributed by atoms with Crippen LogP contribution in [0.25, 0.3) is 0 Å². The molecule has 1 fully saturated rings. The molecule has 1 aliphatic carbocycles. The van der Waals surface area contributed by atoms with Gasteiger partial charge in [-0.3, -0.25) is 9.59 Å². The van der Waals surface area contributed by atoms with Crippen LogP contribution >= 0.6 is 12.4 Å². The lowest BCUT2D eigenvalue weighted by molar-refractivity contribution is -0.141. The number of nitrogens with two attached hydrogens (primary N) is 1. The van der Waals surface area contributed by atoms with Crippen LogP contribution in [-0.2, 0) is 19.7 Å². The van der Waals surface area contributed by atoms with Gasteiger partial charge < -0.3 is 15.8 Å². The average molecular weight is 397 g/mol. The second kappa shape index (κ2) is 10.1. The van der Waals surface area contributed by atoms with Crippen molar-refractivity contribution in [2.45, 2.75) is 57.9 Å². The first-order valence-electron chi connectivity index (χ1n) is 9.44. The Kier molecular flexibility index (Phi) is 8.76. The topological polar surface area (TPSA) is 81.4 Å². The van der Waals surface area contributed by atoms with Crippen LogP contribution in [0.15, 0.2) is 24.3 Å². The zero-order chi connectivity index (χ0) is 19.3. The lowest BCUT2D eigenvalue weighted by Crippen LogP contribution is -2.38. The van der Waals surface area contributed by atoms with Gasteiger partial charge in [0.05, 0.1) is 19.6 Å². The van der Waals surface area contributed by atoms with Gasteiger partial charge in [-0.05, 0) is 41.8 Å². The van der Waals surface area contributed by atoms with E-state index in [4.69, 9.17) is 10.5 Å². The standard InChI is InChI=1S/C21H32N2O3.ClH/c1-21(2,3)16-10-8-14(9-11-16)18(12-19(24)26-4)23-20(25)17-7-5-6-15(17)13-22;/h8-11,15,17-18H,5-7,12-13,22H2,1-4H3,(H,23,25);1H/t15-,17-,18?;/m1./s1. The monoisotopic (exact) mass is 396 g/mol. The molecule has 0 aliphatic heterocycles. The Morgan fingerprint density at radius 1 is 1.22 bits per heavy atom. The lowest BCUT2D eigenvalue weighted by Gasteiger charge is -2.24. The first-order valence-corrected chi connectivity index (χ1v) is 9.44. The summed E-state index contributed by atoms with van der Waals surface area (Å²) in [6.07, 6.45) is 3.01. The maximum absolute atomic E-state index is 12.8. The number of amides is 1. The normalized spacial score (nSPS) is 20.5. The zero-order valence-electron chi connectivity index (χ0n) is 16.8. The van der Waals surface area contributed by atoms with Crippen molar-refractivity contribution in [3.63, 3.8) is 0 Å². The van der Waals surface area contributed by atoms with Crippen LogP contribution in [-0.4, -0.2) is 25.5 Å². The van der Waals surface area contributed by atoms with E-state index in [0.29, 0.717) is 6.54 Å². The predicted octanol–water partition coefficient (Wildman–Crippen LogP) is 3.50. The van der Waals surface area contributed by atoms with E-state index in [1.165, 1.54) is 12.7 Å². The van der Waals surface area contributed by atoms with Crippen molar-refractivity contribution in [2.75, 3.05) is 13.7 Å². The quantitative estimate of drug-likeness (QED) is 0.721. The Morgan fingerprint density at radius 3 is 2.37 bits per heavy atom. The predicted molar refractivity (Wildman–Crippen MR) is 110 cm³/mol. The third kappa shape index (κ3) is 6.22. The van der Waals surface area contributed by atoms with E-state index in [1.54, 1.807) is 0 Å². The molecule has 0 aromatic heterocycles. The summed E-state index contributed by atoms with van der Waals surface area (Å²) >= 11 is 0. The minimum atomic E-state index is -0.386. The first-order chi connectivity index (χ1) is 12.3. The molecule has 0 bridgehead atoms. The van der Waals surface area contributed by atoms with Crippen LogP contribution in [0.2, 0.25) is 0 Å². The summed E-state index contributed by atoms with van der Waals surface area (Å²) in [6, 6.07) is 7.71. The Hall–Kier alpha value is -1.59. The number of carbonyl (C=O) groups excluding carboxylic acids is 2. The maximum Gasteiger partial charge on any atom is 0.307 e. The molecule has 27 heavy (non-hydrogen) atoms. The number of esters is 1. The summed E-state index contributed by atoms with van der Waals surface area (Å²) in [5.41, 5.74) is 7.99. The van der Waals surface area contributed by atoms with Crippen molar-refractivity contribution in [1.82, 2.24) is 5.32 Å². The third-order valence-electron chi connectivity index (χ3n) is 5.39. The molecule has 0 radical (unpaired) electrons. The van der Waals surface area contributed by atoms with Gasteiger partial charge in [0.2, 0.25) is 5.91 Å². The number of benzene rings is 1. The average Bonchev–Trinajstić information content (AvgIpc) is 3.09. The van der Waals surface area contributed by atoms with Crippen LogP contribution in [0.1, 0.15) is 63.6 Å². The van der Waals surface area contributed by atoms with Gasteiger partial charge in [-0.1, -0.05) is 51.5 Å². The van der Waals surface area contributed by atoms with E-state index >= 15 is 0 Å². The van der Waals surface area contributed by atoms with Crippen LogP contribution < -0.4 is 11.1 Å². The van der Waals surface area contributed by atoms with Crippen LogP contribution in [0.3, 0.4) is 0 Å². The summed E-state index contributed by atoms with van der Waals surface area (Å²) in [5.74, 6) is -0.171. The van der Waals surface area contributed by atoms with E-state index in [0.717, 1.165) is 24.8 Å². The fourth-order valence-corrected chi connectivity index (χ4v) is 3.66. The highest BCUT2D eigenvalue weighted by atomic mass is 35.5. The molecule has 2 rings (SSSR count). The highest BCUT2D eigenvalue weighted by molar-refractivity contribution is 5.85. The highest BCUT2D eigenvalue weighted by Crippen LogP contribution is 2.32. The molecular formula is C21H33ClN2O3. The Balaban J connectivity index is 0.00000364. The van der Waals surface area contributed by atoms with Crippen molar-refractivity contribution in [3.8, 4) is 0 Å². The molecule has 3 N–H and O–H groups in total. The van der Waals surface area contributed by atoms with Crippen molar-refractivity contribution >= 4 is 24.3 Å². The zero-order valence-corrected chi connectivity index (χ0v) is 17.6. The van der Waals surface area contributed by atoms with Gasteiger partial charge in [0, 0.05) is 5.92 Å². The molecule has 3 atom stereocenters. The van der Waals surface area contributed by atoms with Crippen molar-refractivity contribution < 1.29 is 14.3 Å². The molecule has 0 heterocycles. The van der Waals surface area contributed by atoms with Crippen molar-refractivity contribution in [2.24, 2.45) is 17.6 Å². The fourth-order valence-electron chi connectivity index (χ4n) is 3.66. The fraction of sp³-hybridized carbons (Fsp3) is 0.619. The molecule has 1 aromatic carbocycles. The van der Waals surface area contributed by atoms with Crippen LogP contribution in [0, 0.1) is 11.8 Å². The second-order valence-corrected chi connectivity index (χ2v) is 8.25. The van der Waals surface area contributed by atoms with Crippen molar-refractivity contribution in [1.29, 1.82) is 0 Å². The molecule has 0 saturated heterocycles. The number of ether oxygens (including phenoxy) is 1. The molecule has 1 saturated carbocycles. The number of nitrogens with one attached hydrogen (secondary N) is 1. The molecule has 1 unspecified atom stereocenters. The number of carbonyl (C=O) groups is 2. The number of hydrogen-bond acceptors (Lipinski definition) is 4. The molecule has 5 nitrogen and oxygen atoms in total. The Bertz CT molecular complexity index is 625. The number of hydrogen-bond donors (Lipinski definition) is 2. The van der Waals surface area contributed by atoms with Gasteiger partial charge >= 0.3 is 5.97 Å². The summed E-state index contributed by atoms with van der Waals surface area (Å²) in [6.45, 7) is 6.99. The van der Waals surface area contributed by atoms with E-state index in [2.05, 4.69) is 38.2 Å². The Morgan fingerprint density at radius 2 is 1.85 bits per heavy atom. The second-order valence-electron chi connectivity index (χ2n) is 8.25. The smallest absolute Gasteiger partial charge is 0.307 e. The number of rotatable bonds is 6. The Labute approximate surface area is 168 Å².